The van der Waals surface area contributed by atoms with Crippen molar-refractivity contribution in [3.8, 4) is 11.5 Å². The van der Waals surface area contributed by atoms with Crippen LogP contribution in [0.25, 0.3) is 22.6 Å². The zero-order valence-corrected chi connectivity index (χ0v) is 15.5. The Balaban J connectivity index is 1.35. The summed E-state index contributed by atoms with van der Waals surface area (Å²) in [6.45, 7) is 2.02. The average Bonchev–Trinajstić information content (AvgIpc) is 3.37. The predicted molar refractivity (Wildman–Crippen MR) is 103 cm³/mol. The molecule has 2 aliphatic heterocycles. The monoisotopic (exact) mass is 378 g/mol. The first-order valence-electron chi connectivity index (χ1n) is 9.75. The molecule has 8 nitrogen and oxygen atoms in total. The van der Waals surface area contributed by atoms with Crippen molar-refractivity contribution in [3.05, 3.63) is 36.0 Å². The number of rotatable bonds is 3. The molecule has 1 atom stereocenters. The van der Waals surface area contributed by atoms with Crippen LogP contribution in [-0.4, -0.2) is 49.0 Å². The number of para-hydroxylation sites is 2. The van der Waals surface area contributed by atoms with Gasteiger partial charge in [0.05, 0.1) is 23.3 Å². The van der Waals surface area contributed by atoms with Crippen molar-refractivity contribution in [1.82, 2.24) is 30.0 Å². The fourth-order valence-corrected chi connectivity index (χ4v) is 4.04. The van der Waals surface area contributed by atoms with E-state index in [2.05, 4.69) is 15.3 Å². The highest BCUT2D eigenvalue weighted by Crippen LogP contribution is 2.23. The number of fused-ring (bicyclic) bond motifs is 2. The molecule has 1 aromatic carbocycles. The number of aryl methyl sites for hydroxylation is 1. The maximum atomic E-state index is 12.7. The quantitative estimate of drug-likeness (QED) is 0.727. The summed E-state index contributed by atoms with van der Waals surface area (Å²) in [4.78, 5) is 33.9. The van der Waals surface area contributed by atoms with Crippen LogP contribution in [0, 0.1) is 0 Å². The van der Waals surface area contributed by atoms with Crippen LogP contribution in [0.5, 0.6) is 0 Å². The second-order valence-corrected chi connectivity index (χ2v) is 7.52. The smallest absolute Gasteiger partial charge is 0.224 e. The molecule has 4 heterocycles. The summed E-state index contributed by atoms with van der Waals surface area (Å²) in [5.74, 6) is 0.877. The summed E-state index contributed by atoms with van der Waals surface area (Å²) in [5.41, 5.74) is 3.70. The minimum atomic E-state index is -0.0285. The summed E-state index contributed by atoms with van der Waals surface area (Å²) >= 11 is 0. The zero-order chi connectivity index (χ0) is 19.1. The van der Waals surface area contributed by atoms with E-state index in [0.717, 1.165) is 47.6 Å². The number of amides is 2. The number of carbonyl (C=O) groups excluding carboxylic acids is 2. The Kier molecular flexibility index (Phi) is 4.11. The van der Waals surface area contributed by atoms with Gasteiger partial charge in [-0.05, 0) is 31.0 Å². The lowest BCUT2D eigenvalue weighted by Gasteiger charge is -2.21. The van der Waals surface area contributed by atoms with Gasteiger partial charge in [0, 0.05) is 32.0 Å². The van der Waals surface area contributed by atoms with Crippen LogP contribution in [0.2, 0.25) is 0 Å². The highest BCUT2D eigenvalue weighted by Gasteiger charge is 2.27. The Bertz CT molecular complexity index is 1020. The molecule has 28 heavy (non-hydrogen) atoms. The van der Waals surface area contributed by atoms with Gasteiger partial charge < -0.3 is 15.2 Å². The first-order valence-corrected chi connectivity index (χ1v) is 9.75. The normalized spacial score (nSPS) is 19.5. The summed E-state index contributed by atoms with van der Waals surface area (Å²) in [7, 11) is 0. The van der Waals surface area contributed by atoms with Gasteiger partial charge in [0.15, 0.2) is 5.82 Å². The number of imidazole rings is 1. The Morgan fingerprint density at radius 2 is 2.14 bits per heavy atom. The molecule has 144 valence electrons. The largest absolute Gasteiger partial charge is 0.353 e. The lowest BCUT2D eigenvalue weighted by atomic mass is 10.1. The van der Waals surface area contributed by atoms with Crippen LogP contribution < -0.4 is 5.32 Å². The first kappa shape index (κ1) is 17.0. The predicted octanol–water partition coefficient (Wildman–Crippen LogP) is 1.83. The van der Waals surface area contributed by atoms with Crippen molar-refractivity contribution in [2.45, 2.75) is 44.8 Å². The Morgan fingerprint density at radius 1 is 1.25 bits per heavy atom. The van der Waals surface area contributed by atoms with Gasteiger partial charge in [0.1, 0.15) is 5.69 Å². The number of hydrogen-bond acceptors (Lipinski definition) is 4. The van der Waals surface area contributed by atoms with E-state index in [-0.39, 0.29) is 17.9 Å². The molecule has 5 rings (SSSR count). The van der Waals surface area contributed by atoms with Gasteiger partial charge in [-0.3, -0.25) is 14.3 Å². The zero-order valence-electron chi connectivity index (χ0n) is 15.5. The van der Waals surface area contributed by atoms with E-state index in [4.69, 9.17) is 5.10 Å². The molecule has 1 saturated heterocycles. The molecular formula is C20H22N6O2. The van der Waals surface area contributed by atoms with Crippen molar-refractivity contribution in [1.29, 1.82) is 0 Å². The molecule has 8 heteroatoms. The fourth-order valence-electron chi connectivity index (χ4n) is 4.04. The van der Waals surface area contributed by atoms with Gasteiger partial charge in [-0.1, -0.05) is 12.1 Å². The van der Waals surface area contributed by atoms with Crippen molar-refractivity contribution in [2.24, 2.45) is 0 Å². The van der Waals surface area contributed by atoms with Gasteiger partial charge in [-0.15, -0.1) is 0 Å². The van der Waals surface area contributed by atoms with Crippen LogP contribution in [-0.2, 0) is 22.7 Å². The number of aromatic nitrogens is 4. The minimum absolute atomic E-state index is 0.0285. The molecule has 1 unspecified atom stereocenters. The van der Waals surface area contributed by atoms with Crippen molar-refractivity contribution >= 4 is 22.8 Å². The minimum Gasteiger partial charge on any atom is -0.353 e. The molecule has 1 fully saturated rings. The number of carbonyl (C=O) groups is 2. The average molecular weight is 378 g/mol. The summed E-state index contributed by atoms with van der Waals surface area (Å²) in [6, 6.07) is 9.89. The molecule has 3 aromatic rings. The molecule has 2 aromatic heterocycles. The molecule has 0 spiro atoms. The van der Waals surface area contributed by atoms with Crippen LogP contribution in [0.3, 0.4) is 0 Å². The van der Waals surface area contributed by atoms with E-state index >= 15 is 0 Å². The number of benzene rings is 1. The Labute approximate surface area is 161 Å². The van der Waals surface area contributed by atoms with Crippen molar-refractivity contribution in [3.63, 3.8) is 0 Å². The third-order valence-corrected chi connectivity index (χ3v) is 5.50. The van der Waals surface area contributed by atoms with Gasteiger partial charge in [0.2, 0.25) is 11.8 Å². The number of hydrogen-bond donors (Lipinski definition) is 2. The maximum Gasteiger partial charge on any atom is 0.224 e. The third-order valence-electron chi connectivity index (χ3n) is 5.50. The second-order valence-electron chi connectivity index (χ2n) is 7.52. The number of H-pyrrole nitrogens is 1. The summed E-state index contributed by atoms with van der Waals surface area (Å²) < 4.78 is 1.98. The second kappa shape index (κ2) is 6.78. The molecule has 2 amide bonds. The van der Waals surface area contributed by atoms with E-state index in [9.17, 15) is 9.59 Å². The maximum absolute atomic E-state index is 12.7. The van der Waals surface area contributed by atoms with E-state index in [0.29, 0.717) is 25.9 Å². The Morgan fingerprint density at radius 3 is 2.96 bits per heavy atom. The van der Waals surface area contributed by atoms with Crippen molar-refractivity contribution in [2.75, 3.05) is 6.54 Å². The molecule has 2 N–H and O–H groups in total. The van der Waals surface area contributed by atoms with Crippen LogP contribution >= 0.6 is 0 Å². The SMILES string of the molecule is O=C1CCC(CC(=O)N2CCCn3nc(-c4nc5ccccc5[nH]4)cc3C2)N1. The topological polar surface area (TPSA) is 95.9 Å². The molecule has 2 aliphatic rings. The van der Waals surface area contributed by atoms with Crippen LogP contribution in [0.4, 0.5) is 0 Å². The lowest BCUT2D eigenvalue weighted by Crippen LogP contribution is -2.36. The molecular weight excluding hydrogens is 356 g/mol. The first-order chi connectivity index (χ1) is 13.7. The summed E-state index contributed by atoms with van der Waals surface area (Å²) in [6.07, 6.45) is 2.49. The summed E-state index contributed by atoms with van der Waals surface area (Å²) in [5, 5.41) is 7.59. The molecule has 0 bridgehead atoms. The molecule has 0 radical (unpaired) electrons. The fraction of sp³-hybridized carbons (Fsp3) is 0.400. The highest BCUT2D eigenvalue weighted by molar-refractivity contribution is 5.82. The Hall–Kier alpha value is -3.16. The van der Waals surface area contributed by atoms with Gasteiger partial charge in [-0.25, -0.2) is 4.98 Å². The van der Waals surface area contributed by atoms with Crippen molar-refractivity contribution < 1.29 is 9.59 Å². The van der Waals surface area contributed by atoms with E-state index in [1.807, 2.05) is 39.9 Å². The highest BCUT2D eigenvalue weighted by atomic mass is 16.2. The van der Waals surface area contributed by atoms with E-state index in [1.54, 1.807) is 0 Å². The lowest BCUT2D eigenvalue weighted by molar-refractivity contribution is -0.132. The van der Waals surface area contributed by atoms with Gasteiger partial charge in [-0.2, -0.15) is 5.10 Å². The van der Waals surface area contributed by atoms with E-state index < -0.39 is 0 Å². The number of aromatic amines is 1. The van der Waals surface area contributed by atoms with Crippen LogP contribution in [0.1, 0.15) is 31.4 Å². The molecule has 0 saturated carbocycles. The van der Waals surface area contributed by atoms with E-state index in [1.165, 1.54) is 0 Å². The van der Waals surface area contributed by atoms with Gasteiger partial charge in [0.25, 0.3) is 0 Å². The number of nitrogens with one attached hydrogen (secondary N) is 2. The van der Waals surface area contributed by atoms with Gasteiger partial charge >= 0.3 is 0 Å². The standard InChI is InChI=1S/C20H22N6O2/c27-18-7-6-13(21-18)10-19(28)25-8-3-9-26-14(12-25)11-17(24-26)20-22-15-4-1-2-5-16(15)23-20/h1-2,4-5,11,13H,3,6-10,12H2,(H,21,27)(H,22,23). The van der Waals surface area contributed by atoms with Crippen LogP contribution in [0.15, 0.2) is 30.3 Å². The number of nitrogens with zero attached hydrogens (tertiary/aromatic N) is 4. The third kappa shape index (κ3) is 3.15. The molecule has 0 aliphatic carbocycles.